The number of nitrogens with one attached hydrogen (secondary N) is 1. The van der Waals surface area contributed by atoms with E-state index in [-0.39, 0.29) is 18.5 Å². The maximum atomic E-state index is 12.6. The van der Waals surface area contributed by atoms with Crippen LogP contribution in [0.1, 0.15) is 27.8 Å². The van der Waals surface area contributed by atoms with Gasteiger partial charge in [-0.25, -0.2) is 4.98 Å². The second kappa shape index (κ2) is 6.61. The molecular weight excluding hydrogens is 352 g/mol. The maximum absolute atomic E-state index is 12.6. The Morgan fingerprint density at radius 1 is 1.12 bits per heavy atom. The second-order valence-corrected chi connectivity index (χ2v) is 6.52. The predicted octanol–water partition coefficient (Wildman–Crippen LogP) is 3.99. The molecule has 4 rings (SSSR count). The fourth-order valence-electron chi connectivity index (χ4n) is 2.61. The molecule has 130 valence electrons. The van der Waals surface area contributed by atoms with E-state index in [4.69, 9.17) is 9.47 Å². The number of fused-ring (bicyclic) bond motifs is 1. The minimum Gasteiger partial charge on any atom is -0.454 e. The number of benzene rings is 2. The normalized spacial score (nSPS) is 12.0. The first kappa shape index (κ1) is 16.3. The van der Waals surface area contributed by atoms with Crippen molar-refractivity contribution in [1.82, 2.24) is 4.98 Å². The highest BCUT2D eigenvalue weighted by atomic mass is 32.1. The maximum Gasteiger partial charge on any atom is 0.275 e. The van der Waals surface area contributed by atoms with Crippen molar-refractivity contribution >= 4 is 28.7 Å². The summed E-state index contributed by atoms with van der Waals surface area (Å²) in [5.41, 5.74) is 1.98. The first-order valence-electron chi connectivity index (χ1n) is 7.88. The molecular formula is C19H14N2O4S. The molecule has 0 atom stereocenters. The van der Waals surface area contributed by atoms with Crippen LogP contribution in [0.2, 0.25) is 0 Å². The van der Waals surface area contributed by atoms with Crippen molar-refractivity contribution in [2.75, 3.05) is 12.1 Å². The molecule has 1 N–H and O–H groups in total. The van der Waals surface area contributed by atoms with E-state index in [2.05, 4.69) is 10.3 Å². The summed E-state index contributed by atoms with van der Waals surface area (Å²) in [5, 5.41) is 5.20. The van der Waals surface area contributed by atoms with Crippen LogP contribution in [-0.2, 0) is 0 Å². The van der Waals surface area contributed by atoms with E-state index in [0.29, 0.717) is 28.4 Å². The van der Waals surface area contributed by atoms with Crippen molar-refractivity contribution < 1.29 is 19.1 Å². The number of hydrogen-bond acceptors (Lipinski definition) is 6. The van der Waals surface area contributed by atoms with Gasteiger partial charge in [0.2, 0.25) is 6.79 Å². The Bertz CT molecular complexity index is 998. The number of nitrogens with zero attached hydrogens (tertiary/aromatic N) is 1. The van der Waals surface area contributed by atoms with Crippen molar-refractivity contribution in [3.63, 3.8) is 0 Å². The topological polar surface area (TPSA) is 77.5 Å². The van der Waals surface area contributed by atoms with E-state index in [1.807, 2.05) is 30.3 Å². The Labute approximate surface area is 153 Å². The molecule has 2 aromatic carbocycles. The number of ether oxygens (including phenoxy) is 2. The number of amides is 1. The SMILES string of the molecule is CC(=O)c1cc2c(cc1NC(=O)c1csc(-c3ccccc3)n1)OCO2. The molecule has 1 aliphatic rings. The van der Waals surface area contributed by atoms with Crippen LogP contribution in [0.25, 0.3) is 10.6 Å². The molecule has 1 amide bonds. The largest absolute Gasteiger partial charge is 0.454 e. The lowest BCUT2D eigenvalue weighted by Gasteiger charge is -2.09. The van der Waals surface area contributed by atoms with Crippen molar-refractivity contribution in [1.29, 1.82) is 0 Å². The summed E-state index contributed by atoms with van der Waals surface area (Å²) < 4.78 is 10.6. The van der Waals surface area contributed by atoms with Crippen LogP contribution in [0.4, 0.5) is 5.69 Å². The van der Waals surface area contributed by atoms with Crippen molar-refractivity contribution in [2.24, 2.45) is 0 Å². The number of Topliss-reactive ketones (excluding diaryl/α,β-unsaturated/α-hetero) is 1. The number of carbonyl (C=O) groups is 2. The van der Waals surface area contributed by atoms with Gasteiger partial charge in [-0.3, -0.25) is 9.59 Å². The highest BCUT2D eigenvalue weighted by Crippen LogP contribution is 2.37. The van der Waals surface area contributed by atoms with Crippen LogP contribution >= 0.6 is 11.3 Å². The minimum absolute atomic E-state index is 0.0938. The average molecular weight is 366 g/mol. The van der Waals surface area contributed by atoms with E-state index in [0.717, 1.165) is 10.6 Å². The number of thiazole rings is 1. The van der Waals surface area contributed by atoms with Gasteiger partial charge in [0.05, 0.1) is 5.69 Å². The zero-order chi connectivity index (χ0) is 18.1. The van der Waals surface area contributed by atoms with Crippen LogP contribution in [0.5, 0.6) is 11.5 Å². The molecule has 7 heteroatoms. The van der Waals surface area contributed by atoms with Crippen LogP contribution in [0.3, 0.4) is 0 Å². The number of rotatable bonds is 4. The van der Waals surface area contributed by atoms with E-state index in [9.17, 15) is 9.59 Å². The van der Waals surface area contributed by atoms with Gasteiger partial charge < -0.3 is 14.8 Å². The Balaban J connectivity index is 1.61. The van der Waals surface area contributed by atoms with E-state index < -0.39 is 0 Å². The summed E-state index contributed by atoms with van der Waals surface area (Å²) in [6, 6.07) is 12.8. The molecule has 0 radical (unpaired) electrons. The molecule has 6 nitrogen and oxygen atoms in total. The average Bonchev–Trinajstić information content (AvgIpc) is 3.31. The van der Waals surface area contributed by atoms with Gasteiger partial charge in [0.25, 0.3) is 5.91 Å². The third kappa shape index (κ3) is 3.04. The molecule has 26 heavy (non-hydrogen) atoms. The summed E-state index contributed by atoms with van der Waals surface area (Å²) in [7, 11) is 0. The van der Waals surface area contributed by atoms with Crippen molar-refractivity contribution in [3.05, 3.63) is 59.1 Å². The molecule has 0 unspecified atom stereocenters. The molecule has 0 saturated carbocycles. The van der Waals surface area contributed by atoms with Crippen molar-refractivity contribution in [2.45, 2.75) is 6.92 Å². The molecule has 1 aliphatic heterocycles. The summed E-state index contributed by atoms with van der Waals surface area (Å²) in [6.07, 6.45) is 0. The molecule has 3 aromatic rings. The quantitative estimate of drug-likeness (QED) is 0.707. The molecule has 1 aromatic heterocycles. The first-order chi connectivity index (χ1) is 12.6. The zero-order valence-corrected chi connectivity index (χ0v) is 14.6. The summed E-state index contributed by atoms with van der Waals surface area (Å²) in [6.45, 7) is 1.53. The van der Waals surface area contributed by atoms with Gasteiger partial charge in [0, 0.05) is 22.6 Å². The van der Waals surface area contributed by atoms with Gasteiger partial charge in [0.15, 0.2) is 17.3 Å². The fraction of sp³-hybridized carbons (Fsp3) is 0.105. The van der Waals surface area contributed by atoms with Gasteiger partial charge in [-0.1, -0.05) is 30.3 Å². The lowest BCUT2D eigenvalue weighted by atomic mass is 10.1. The smallest absolute Gasteiger partial charge is 0.275 e. The molecule has 0 fully saturated rings. The summed E-state index contributed by atoms with van der Waals surface area (Å²) in [4.78, 5) is 28.9. The minimum atomic E-state index is -0.384. The van der Waals surface area contributed by atoms with Gasteiger partial charge in [-0.05, 0) is 13.0 Å². The Kier molecular flexibility index (Phi) is 4.14. The highest BCUT2D eigenvalue weighted by Gasteiger charge is 2.21. The Morgan fingerprint density at radius 2 is 1.85 bits per heavy atom. The van der Waals surface area contributed by atoms with Crippen LogP contribution < -0.4 is 14.8 Å². The Hall–Kier alpha value is -3.19. The lowest BCUT2D eigenvalue weighted by Crippen LogP contribution is -2.14. The lowest BCUT2D eigenvalue weighted by molar-refractivity contribution is 0.101. The third-order valence-corrected chi connectivity index (χ3v) is 4.79. The molecule has 0 bridgehead atoms. The van der Waals surface area contributed by atoms with Gasteiger partial charge >= 0.3 is 0 Å². The van der Waals surface area contributed by atoms with Crippen molar-refractivity contribution in [3.8, 4) is 22.1 Å². The van der Waals surface area contributed by atoms with E-state index in [1.54, 1.807) is 17.5 Å². The van der Waals surface area contributed by atoms with Gasteiger partial charge in [-0.2, -0.15) is 0 Å². The number of ketones is 1. The molecule has 0 spiro atoms. The highest BCUT2D eigenvalue weighted by molar-refractivity contribution is 7.13. The molecule has 0 aliphatic carbocycles. The van der Waals surface area contributed by atoms with E-state index >= 15 is 0 Å². The summed E-state index contributed by atoms with van der Waals surface area (Å²) in [5.74, 6) is 0.424. The zero-order valence-electron chi connectivity index (χ0n) is 13.8. The molecule has 0 saturated heterocycles. The number of aromatic nitrogens is 1. The van der Waals surface area contributed by atoms with Crippen LogP contribution in [0.15, 0.2) is 47.8 Å². The predicted molar refractivity (Wildman–Crippen MR) is 98.1 cm³/mol. The number of hydrogen-bond donors (Lipinski definition) is 1. The van der Waals surface area contributed by atoms with Gasteiger partial charge in [-0.15, -0.1) is 11.3 Å². The fourth-order valence-corrected chi connectivity index (χ4v) is 3.42. The monoisotopic (exact) mass is 366 g/mol. The third-order valence-electron chi connectivity index (χ3n) is 3.90. The van der Waals surface area contributed by atoms with Gasteiger partial charge in [0.1, 0.15) is 10.7 Å². The standard InChI is InChI=1S/C19H14N2O4S/c1-11(22)13-7-16-17(25-10-24-16)8-14(13)20-18(23)15-9-26-19(21-15)12-5-3-2-4-6-12/h2-9H,10H2,1H3,(H,20,23). The van der Waals surface area contributed by atoms with Crippen LogP contribution in [0, 0.1) is 0 Å². The second-order valence-electron chi connectivity index (χ2n) is 5.67. The molecule has 2 heterocycles. The summed E-state index contributed by atoms with van der Waals surface area (Å²) >= 11 is 1.39. The number of anilines is 1. The first-order valence-corrected chi connectivity index (χ1v) is 8.76. The Morgan fingerprint density at radius 3 is 2.58 bits per heavy atom. The van der Waals surface area contributed by atoms with Crippen LogP contribution in [-0.4, -0.2) is 23.5 Å². The van der Waals surface area contributed by atoms with E-state index in [1.165, 1.54) is 18.3 Å². The number of carbonyl (C=O) groups excluding carboxylic acids is 2.